The highest BCUT2D eigenvalue weighted by molar-refractivity contribution is 7.98. The van der Waals surface area contributed by atoms with Gasteiger partial charge in [-0.3, -0.25) is 4.98 Å². The van der Waals surface area contributed by atoms with Gasteiger partial charge in [-0.1, -0.05) is 42.1 Å². The van der Waals surface area contributed by atoms with E-state index in [2.05, 4.69) is 15.0 Å². The Hall–Kier alpha value is -1.62. The fraction of sp³-hybridized carbons (Fsp3) is 0.182. The topological polar surface area (TPSA) is 58.6 Å². The lowest BCUT2D eigenvalue weighted by Crippen LogP contribution is -2.16. The summed E-state index contributed by atoms with van der Waals surface area (Å²) in [4.78, 5) is 21.9. The molecule has 1 heterocycles. The first-order valence-corrected chi connectivity index (χ1v) is 6.05. The van der Waals surface area contributed by atoms with Gasteiger partial charge < -0.3 is 0 Å². The van der Waals surface area contributed by atoms with Crippen molar-refractivity contribution < 1.29 is 0 Å². The normalized spacial score (nSPS) is 10.3. The Morgan fingerprint density at radius 1 is 1.25 bits per heavy atom. The number of hydrogen-bond donors (Lipinski definition) is 1. The molecule has 0 fully saturated rings. The summed E-state index contributed by atoms with van der Waals surface area (Å²) >= 11 is 1.37. The fourth-order valence-electron chi connectivity index (χ4n) is 1.37. The second-order valence-electron chi connectivity index (χ2n) is 3.25. The first-order valence-electron chi connectivity index (χ1n) is 4.83. The van der Waals surface area contributed by atoms with E-state index in [-0.39, 0.29) is 5.69 Å². The van der Waals surface area contributed by atoms with Gasteiger partial charge in [0.25, 0.3) is 0 Å². The monoisotopic (exact) mass is 233 g/mol. The van der Waals surface area contributed by atoms with Crippen molar-refractivity contribution in [1.29, 1.82) is 0 Å². The highest BCUT2D eigenvalue weighted by Gasteiger charge is 2.02. The Kier molecular flexibility index (Phi) is 3.36. The molecule has 1 aromatic carbocycles. The van der Waals surface area contributed by atoms with Crippen LogP contribution in [0.4, 0.5) is 0 Å². The Bertz CT molecular complexity index is 524. The van der Waals surface area contributed by atoms with E-state index in [0.29, 0.717) is 17.4 Å². The zero-order chi connectivity index (χ0) is 11.4. The van der Waals surface area contributed by atoms with Gasteiger partial charge in [0.2, 0.25) is 0 Å². The molecule has 0 aliphatic rings. The van der Waals surface area contributed by atoms with Crippen LogP contribution >= 0.6 is 11.8 Å². The minimum atomic E-state index is -0.342. The minimum Gasteiger partial charge on any atom is -0.293 e. The molecule has 2 rings (SSSR count). The third kappa shape index (κ3) is 2.70. The molecular weight excluding hydrogens is 222 g/mol. The summed E-state index contributed by atoms with van der Waals surface area (Å²) in [6.45, 7) is 0. The van der Waals surface area contributed by atoms with E-state index >= 15 is 0 Å². The van der Waals surface area contributed by atoms with E-state index < -0.39 is 0 Å². The molecule has 0 spiro atoms. The van der Waals surface area contributed by atoms with Crippen LogP contribution in [-0.4, -0.2) is 21.2 Å². The molecule has 0 unspecified atom stereocenters. The number of nitrogens with zero attached hydrogens (tertiary/aromatic N) is 2. The summed E-state index contributed by atoms with van der Waals surface area (Å²) in [5, 5.41) is 0.509. The largest absolute Gasteiger partial charge is 0.348 e. The Morgan fingerprint density at radius 3 is 2.69 bits per heavy atom. The van der Waals surface area contributed by atoms with Gasteiger partial charge in [0, 0.05) is 6.42 Å². The molecule has 4 nitrogen and oxygen atoms in total. The maximum Gasteiger partial charge on any atom is 0.348 e. The average Bonchev–Trinajstić information content (AvgIpc) is 2.29. The van der Waals surface area contributed by atoms with Gasteiger partial charge in [-0.2, -0.15) is 4.98 Å². The van der Waals surface area contributed by atoms with Gasteiger partial charge in [0.05, 0.1) is 0 Å². The number of rotatable bonds is 3. The van der Waals surface area contributed by atoms with Crippen molar-refractivity contribution in [2.75, 3.05) is 6.26 Å². The van der Waals surface area contributed by atoms with E-state index in [9.17, 15) is 4.79 Å². The lowest BCUT2D eigenvalue weighted by molar-refractivity contribution is 0.796. The molecule has 1 N–H and O–H groups in total. The third-order valence-electron chi connectivity index (χ3n) is 2.08. The number of nitrogens with one attached hydrogen (secondary N) is 1. The fourth-order valence-corrected chi connectivity index (χ4v) is 1.75. The smallest absolute Gasteiger partial charge is 0.293 e. The zero-order valence-corrected chi connectivity index (χ0v) is 9.62. The third-order valence-corrected chi connectivity index (χ3v) is 2.62. The predicted molar refractivity (Wildman–Crippen MR) is 63.7 cm³/mol. The SMILES string of the molecule is CSc1nc(Cc2ccccc2)[nH]c(=O)n1. The van der Waals surface area contributed by atoms with Gasteiger partial charge in [0.1, 0.15) is 5.82 Å². The highest BCUT2D eigenvalue weighted by atomic mass is 32.2. The van der Waals surface area contributed by atoms with Gasteiger partial charge >= 0.3 is 5.69 Å². The number of thioether (sulfide) groups is 1. The van der Waals surface area contributed by atoms with Crippen molar-refractivity contribution >= 4 is 11.8 Å². The lowest BCUT2D eigenvalue weighted by Gasteiger charge is -2.01. The molecule has 0 saturated heterocycles. The van der Waals surface area contributed by atoms with Gasteiger partial charge in [-0.05, 0) is 11.8 Å². The molecule has 1 aromatic heterocycles. The summed E-state index contributed by atoms with van der Waals surface area (Å²) in [7, 11) is 0. The summed E-state index contributed by atoms with van der Waals surface area (Å²) in [6, 6.07) is 9.88. The van der Waals surface area contributed by atoms with Crippen LogP contribution in [0.15, 0.2) is 40.3 Å². The van der Waals surface area contributed by atoms with Crippen LogP contribution < -0.4 is 5.69 Å². The van der Waals surface area contributed by atoms with Crippen LogP contribution in [0, 0.1) is 0 Å². The standard InChI is InChI=1S/C11H11N3OS/c1-16-11-13-9(12-10(15)14-11)7-8-5-3-2-4-6-8/h2-6H,7H2,1H3,(H,12,13,14,15). The first kappa shape index (κ1) is 10.9. The molecule has 5 heteroatoms. The Labute approximate surface area is 97.2 Å². The second kappa shape index (κ2) is 4.94. The van der Waals surface area contributed by atoms with Crippen molar-refractivity contribution in [1.82, 2.24) is 15.0 Å². The summed E-state index contributed by atoms with van der Waals surface area (Å²) in [5.41, 5.74) is 0.772. The maximum atomic E-state index is 11.2. The Balaban J connectivity index is 2.28. The zero-order valence-electron chi connectivity index (χ0n) is 8.80. The van der Waals surface area contributed by atoms with E-state index in [4.69, 9.17) is 0 Å². The van der Waals surface area contributed by atoms with Gasteiger partial charge in [-0.25, -0.2) is 9.78 Å². The molecule has 0 radical (unpaired) electrons. The molecule has 16 heavy (non-hydrogen) atoms. The van der Waals surface area contributed by atoms with Crippen molar-refractivity contribution in [3.63, 3.8) is 0 Å². The Morgan fingerprint density at radius 2 is 2.00 bits per heavy atom. The summed E-state index contributed by atoms with van der Waals surface area (Å²) in [6.07, 6.45) is 2.47. The maximum absolute atomic E-state index is 11.2. The lowest BCUT2D eigenvalue weighted by atomic mass is 10.1. The molecule has 2 aromatic rings. The van der Waals surface area contributed by atoms with Crippen molar-refractivity contribution in [2.24, 2.45) is 0 Å². The molecule has 0 aliphatic heterocycles. The molecule has 0 atom stereocenters. The minimum absolute atomic E-state index is 0.342. The molecule has 82 valence electrons. The van der Waals surface area contributed by atoms with Gasteiger partial charge in [-0.15, -0.1) is 0 Å². The van der Waals surface area contributed by atoms with Gasteiger partial charge in [0.15, 0.2) is 5.16 Å². The number of H-pyrrole nitrogens is 1. The van der Waals surface area contributed by atoms with Crippen molar-refractivity contribution in [2.45, 2.75) is 11.6 Å². The van der Waals surface area contributed by atoms with Crippen LogP contribution in [0.25, 0.3) is 0 Å². The average molecular weight is 233 g/mol. The second-order valence-corrected chi connectivity index (χ2v) is 4.02. The van der Waals surface area contributed by atoms with E-state index in [1.165, 1.54) is 11.8 Å². The van der Waals surface area contributed by atoms with Crippen LogP contribution in [0.5, 0.6) is 0 Å². The summed E-state index contributed by atoms with van der Waals surface area (Å²) < 4.78 is 0. The van der Waals surface area contributed by atoms with E-state index in [0.717, 1.165) is 5.56 Å². The van der Waals surface area contributed by atoms with E-state index in [1.54, 1.807) is 0 Å². The van der Waals surface area contributed by atoms with Crippen LogP contribution in [0.1, 0.15) is 11.4 Å². The summed E-state index contributed by atoms with van der Waals surface area (Å²) in [5.74, 6) is 0.649. The van der Waals surface area contributed by atoms with Crippen LogP contribution in [-0.2, 0) is 6.42 Å². The quantitative estimate of drug-likeness (QED) is 0.816. The highest BCUT2D eigenvalue weighted by Crippen LogP contribution is 2.08. The molecule has 0 bridgehead atoms. The number of aromatic amines is 1. The molecule has 0 saturated carbocycles. The van der Waals surface area contributed by atoms with E-state index in [1.807, 2.05) is 36.6 Å². The predicted octanol–water partition coefficient (Wildman–Crippen LogP) is 1.48. The van der Waals surface area contributed by atoms with Crippen molar-refractivity contribution in [3.05, 3.63) is 52.2 Å². The molecule has 0 amide bonds. The van der Waals surface area contributed by atoms with Crippen molar-refractivity contribution in [3.8, 4) is 0 Å². The van der Waals surface area contributed by atoms with Crippen LogP contribution in [0.2, 0.25) is 0 Å². The number of benzene rings is 1. The molecule has 0 aliphatic carbocycles. The number of aromatic nitrogens is 3. The number of hydrogen-bond acceptors (Lipinski definition) is 4. The van der Waals surface area contributed by atoms with Crippen LogP contribution in [0.3, 0.4) is 0 Å². The molecular formula is C11H11N3OS. The first-order chi connectivity index (χ1) is 7.78.